The summed E-state index contributed by atoms with van der Waals surface area (Å²) in [4.78, 5) is 42.1. The van der Waals surface area contributed by atoms with Gasteiger partial charge in [-0.3, -0.25) is 14.4 Å². The summed E-state index contributed by atoms with van der Waals surface area (Å²) in [6.45, 7) is 5.73. The second-order valence-corrected chi connectivity index (χ2v) is 7.94. The molecule has 0 spiro atoms. The van der Waals surface area contributed by atoms with E-state index in [4.69, 9.17) is 0 Å². The molecule has 1 saturated heterocycles. The third kappa shape index (κ3) is 5.33. The van der Waals surface area contributed by atoms with Crippen molar-refractivity contribution < 1.29 is 18.8 Å². The number of halogens is 1. The number of likely N-dealkylation sites (N-methyl/N-ethyl adjacent to an activating group) is 1. The fourth-order valence-electron chi connectivity index (χ4n) is 4.17. The number of hydrogen-bond acceptors (Lipinski definition) is 3. The molecule has 2 aromatic rings. The van der Waals surface area contributed by atoms with Crippen molar-refractivity contribution in [3.8, 4) is 0 Å². The number of piperidine rings is 1. The summed E-state index contributed by atoms with van der Waals surface area (Å²) in [7, 11) is 0. The van der Waals surface area contributed by atoms with Crippen LogP contribution in [-0.4, -0.2) is 59.7 Å². The number of carbonyl (C=O) groups excluding carboxylic acids is 3. The molecule has 3 amide bonds. The summed E-state index contributed by atoms with van der Waals surface area (Å²) in [5.41, 5.74) is 0.552. The molecule has 170 valence electrons. The molecule has 0 aromatic heterocycles. The lowest BCUT2D eigenvalue weighted by Crippen LogP contribution is -2.54. The smallest absolute Gasteiger partial charge is 0.256 e. The number of rotatable bonds is 7. The van der Waals surface area contributed by atoms with Crippen LogP contribution in [0.1, 0.15) is 47.4 Å². The van der Waals surface area contributed by atoms with Crippen LogP contribution in [0.5, 0.6) is 0 Å². The molecule has 1 atom stereocenters. The molecule has 32 heavy (non-hydrogen) atoms. The minimum absolute atomic E-state index is 0.0547. The van der Waals surface area contributed by atoms with Crippen LogP contribution in [0.15, 0.2) is 54.6 Å². The average Bonchev–Trinajstić information content (AvgIpc) is 2.83. The lowest BCUT2D eigenvalue weighted by molar-refractivity contribution is -0.134. The number of hydrogen-bond donors (Lipinski definition) is 1. The minimum atomic E-state index is -0.673. The van der Waals surface area contributed by atoms with Gasteiger partial charge in [-0.15, -0.1) is 0 Å². The summed E-state index contributed by atoms with van der Waals surface area (Å²) < 4.78 is 14.0. The van der Waals surface area contributed by atoms with Gasteiger partial charge in [-0.1, -0.05) is 30.3 Å². The monoisotopic (exact) mass is 439 g/mol. The first-order valence-corrected chi connectivity index (χ1v) is 11.1. The van der Waals surface area contributed by atoms with Gasteiger partial charge in [0, 0.05) is 31.7 Å². The van der Waals surface area contributed by atoms with E-state index in [1.807, 2.05) is 19.9 Å². The Morgan fingerprint density at radius 2 is 1.59 bits per heavy atom. The van der Waals surface area contributed by atoms with Crippen LogP contribution in [0.25, 0.3) is 0 Å². The molecular weight excluding hydrogens is 409 g/mol. The summed E-state index contributed by atoms with van der Waals surface area (Å²) in [6, 6.07) is 14.1. The van der Waals surface area contributed by atoms with Gasteiger partial charge < -0.3 is 15.1 Å². The summed E-state index contributed by atoms with van der Waals surface area (Å²) >= 11 is 0. The van der Waals surface area contributed by atoms with E-state index in [0.717, 1.165) is 0 Å². The highest BCUT2D eigenvalue weighted by Gasteiger charge is 2.36. The maximum atomic E-state index is 14.0. The van der Waals surface area contributed by atoms with Crippen LogP contribution in [0, 0.1) is 11.7 Å². The van der Waals surface area contributed by atoms with Gasteiger partial charge in [-0.05, 0) is 56.9 Å². The Morgan fingerprint density at radius 1 is 1.00 bits per heavy atom. The predicted octanol–water partition coefficient (Wildman–Crippen LogP) is 3.34. The largest absolute Gasteiger partial charge is 0.341 e. The Bertz CT molecular complexity index is 938. The van der Waals surface area contributed by atoms with Crippen molar-refractivity contribution in [3.63, 3.8) is 0 Å². The van der Waals surface area contributed by atoms with E-state index >= 15 is 0 Å². The van der Waals surface area contributed by atoms with Gasteiger partial charge in [0.05, 0.1) is 5.56 Å². The van der Waals surface area contributed by atoms with Crippen molar-refractivity contribution in [2.45, 2.75) is 32.7 Å². The van der Waals surface area contributed by atoms with Gasteiger partial charge in [0.2, 0.25) is 5.91 Å². The van der Waals surface area contributed by atoms with Crippen LogP contribution in [0.4, 0.5) is 4.39 Å². The van der Waals surface area contributed by atoms with Crippen molar-refractivity contribution >= 4 is 17.7 Å². The molecule has 1 unspecified atom stereocenters. The van der Waals surface area contributed by atoms with Gasteiger partial charge in [0.25, 0.3) is 11.8 Å². The topological polar surface area (TPSA) is 69.7 Å². The third-order valence-corrected chi connectivity index (χ3v) is 6.07. The van der Waals surface area contributed by atoms with Gasteiger partial charge in [0.15, 0.2) is 0 Å². The highest BCUT2D eigenvalue weighted by atomic mass is 19.1. The summed E-state index contributed by atoms with van der Waals surface area (Å²) in [5, 5.41) is 2.94. The minimum Gasteiger partial charge on any atom is -0.341 e. The van der Waals surface area contributed by atoms with Gasteiger partial charge in [-0.25, -0.2) is 4.39 Å². The zero-order chi connectivity index (χ0) is 23.1. The van der Waals surface area contributed by atoms with E-state index in [2.05, 4.69) is 5.32 Å². The molecule has 0 saturated carbocycles. The van der Waals surface area contributed by atoms with Crippen LogP contribution in [-0.2, 0) is 4.79 Å². The molecule has 1 N–H and O–H groups in total. The molecule has 0 aliphatic carbocycles. The highest BCUT2D eigenvalue weighted by Crippen LogP contribution is 2.24. The number of nitrogens with zero attached hydrogens (tertiary/aromatic N) is 2. The molecule has 7 heteroatoms. The Kier molecular flexibility index (Phi) is 7.98. The van der Waals surface area contributed by atoms with E-state index in [1.165, 1.54) is 12.1 Å². The Hall–Kier alpha value is -3.22. The molecular formula is C25H30FN3O3. The number of nitrogens with one attached hydrogen (secondary N) is 1. The fourth-order valence-corrected chi connectivity index (χ4v) is 4.17. The summed E-state index contributed by atoms with van der Waals surface area (Å²) in [6.07, 6.45) is 1.10. The Labute approximate surface area is 188 Å². The van der Waals surface area contributed by atoms with E-state index in [0.29, 0.717) is 44.6 Å². The molecule has 0 bridgehead atoms. The van der Waals surface area contributed by atoms with Crippen molar-refractivity contribution in [1.29, 1.82) is 0 Å². The number of amides is 3. The van der Waals surface area contributed by atoms with Crippen molar-refractivity contribution in [1.82, 2.24) is 15.1 Å². The summed E-state index contributed by atoms with van der Waals surface area (Å²) in [5.74, 6) is -1.40. The highest BCUT2D eigenvalue weighted by molar-refractivity contribution is 5.97. The third-order valence-electron chi connectivity index (χ3n) is 6.07. The second-order valence-electron chi connectivity index (χ2n) is 7.94. The molecule has 1 fully saturated rings. The first kappa shape index (κ1) is 23.4. The Morgan fingerprint density at radius 3 is 2.19 bits per heavy atom. The van der Waals surface area contributed by atoms with Crippen molar-refractivity contribution in [3.05, 3.63) is 71.5 Å². The molecule has 3 rings (SSSR count). The molecule has 1 aliphatic heterocycles. The average molecular weight is 440 g/mol. The quantitative estimate of drug-likeness (QED) is 0.719. The fraction of sp³-hybridized carbons (Fsp3) is 0.400. The Balaban J connectivity index is 1.73. The van der Waals surface area contributed by atoms with E-state index < -0.39 is 11.9 Å². The zero-order valence-corrected chi connectivity index (χ0v) is 18.6. The molecule has 2 aromatic carbocycles. The predicted molar refractivity (Wildman–Crippen MR) is 121 cm³/mol. The molecule has 1 aliphatic rings. The standard InChI is InChI=1S/C25H30FN3O3/c1-3-28(4-2)25(32)22(27-23(30)19-10-6-5-7-11-19)18-14-16-29(17-15-18)24(31)20-12-8-9-13-21(20)26/h5-13,18,22H,3-4,14-17H2,1-2H3,(H,27,30). The van der Waals surface area contributed by atoms with E-state index in [9.17, 15) is 18.8 Å². The molecule has 1 heterocycles. The van der Waals surface area contributed by atoms with Gasteiger partial charge >= 0.3 is 0 Å². The first-order valence-electron chi connectivity index (χ1n) is 11.1. The number of likely N-dealkylation sites (tertiary alicyclic amines) is 1. The zero-order valence-electron chi connectivity index (χ0n) is 18.6. The lowest BCUT2D eigenvalue weighted by atomic mass is 9.87. The maximum Gasteiger partial charge on any atom is 0.256 e. The second kappa shape index (κ2) is 10.9. The van der Waals surface area contributed by atoms with Crippen LogP contribution in [0.2, 0.25) is 0 Å². The lowest BCUT2D eigenvalue weighted by Gasteiger charge is -2.37. The normalized spacial score (nSPS) is 15.2. The molecule has 6 nitrogen and oxygen atoms in total. The van der Waals surface area contributed by atoms with Gasteiger partial charge in [-0.2, -0.15) is 0 Å². The SMILES string of the molecule is CCN(CC)C(=O)C(NC(=O)c1ccccc1)C1CCN(C(=O)c2ccccc2F)CC1. The van der Waals surface area contributed by atoms with Crippen LogP contribution in [0.3, 0.4) is 0 Å². The van der Waals surface area contributed by atoms with Crippen LogP contribution >= 0.6 is 0 Å². The van der Waals surface area contributed by atoms with Crippen molar-refractivity contribution in [2.24, 2.45) is 5.92 Å². The van der Waals surface area contributed by atoms with E-state index in [-0.39, 0.29) is 29.2 Å². The molecule has 0 radical (unpaired) electrons. The van der Waals surface area contributed by atoms with Crippen LogP contribution < -0.4 is 5.32 Å². The first-order chi connectivity index (χ1) is 15.5. The maximum absolute atomic E-state index is 14.0. The van der Waals surface area contributed by atoms with E-state index in [1.54, 1.807) is 46.2 Å². The number of benzene rings is 2. The van der Waals surface area contributed by atoms with Gasteiger partial charge in [0.1, 0.15) is 11.9 Å². The number of carbonyl (C=O) groups is 3. The van der Waals surface area contributed by atoms with Crippen molar-refractivity contribution in [2.75, 3.05) is 26.2 Å².